The molecule has 0 unspecified atom stereocenters. The number of anilines is 1. The molecule has 0 saturated heterocycles. The van der Waals surface area contributed by atoms with Crippen LogP contribution in [0.1, 0.15) is 0 Å². The quantitative estimate of drug-likeness (QED) is 0.536. The van der Waals surface area contributed by atoms with E-state index in [0.717, 1.165) is 16.8 Å². The Morgan fingerprint density at radius 2 is 1.89 bits per heavy atom. The number of rotatable bonds is 5. The van der Waals surface area contributed by atoms with Crippen LogP contribution in [0.15, 0.2) is 59.4 Å². The van der Waals surface area contributed by atoms with Crippen molar-refractivity contribution in [3.05, 3.63) is 86.7 Å². The number of benzene rings is 2. The van der Waals surface area contributed by atoms with Gasteiger partial charge in [0.15, 0.2) is 11.6 Å². The highest BCUT2D eigenvalue weighted by Gasteiger charge is 2.12. The first-order chi connectivity index (χ1) is 13.3. The maximum absolute atomic E-state index is 13.2. The van der Waals surface area contributed by atoms with Crippen LogP contribution in [0.4, 0.5) is 20.2 Å². The van der Waals surface area contributed by atoms with E-state index in [2.05, 4.69) is 10.4 Å². The number of nitrogens with one attached hydrogen (secondary N) is 1. The zero-order valence-corrected chi connectivity index (χ0v) is 14.1. The van der Waals surface area contributed by atoms with E-state index in [9.17, 15) is 28.5 Å². The molecule has 0 aliphatic rings. The Hall–Kier alpha value is -3.95. The maximum atomic E-state index is 13.2. The number of non-ortho nitro benzene ring substituents is 1. The first-order valence-corrected chi connectivity index (χ1v) is 7.91. The SMILES string of the molecule is O=C(Cn1nc(-c2cccc([N+](=O)[O-])c2)ccc1=O)Nc1ccc(F)c(F)c1. The standard InChI is InChI=1S/C18H12F2N4O4/c19-14-5-4-12(9-15(14)20)21-17(25)10-23-18(26)7-6-16(22-23)11-2-1-3-13(8-11)24(27)28/h1-9H,10H2,(H,21,25). The van der Waals surface area contributed by atoms with Crippen molar-refractivity contribution < 1.29 is 18.5 Å². The fourth-order valence-electron chi connectivity index (χ4n) is 2.41. The summed E-state index contributed by atoms with van der Waals surface area (Å²) in [7, 11) is 0. The predicted octanol–water partition coefficient (Wildman–Crippen LogP) is 2.74. The molecule has 0 atom stereocenters. The zero-order chi connectivity index (χ0) is 20.3. The molecule has 1 aromatic heterocycles. The second-order valence-electron chi connectivity index (χ2n) is 5.70. The minimum atomic E-state index is -1.12. The Morgan fingerprint density at radius 3 is 2.61 bits per heavy atom. The van der Waals surface area contributed by atoms with Crippen LogP contribution >= 0.6 is 0 Å². The van der Waals surface area contributed by atoms with Gasteiger partial charge in [-0.1, -0.05) is 12.1 Å². The van der Waals surface area contributed by atoms with E-state index in [-0.39, 0.29) is 17.1 Å². The molecule has 1 amide bonds. The minimum Gasteiger partial charge on any atom is -0.324 e. The summed E-state index contributed by atoms with van der Waals surface area (Å²) < 4.78 is 27.0. The summed E-state index contributed by atoms with van der Waals surface area (Å²) in [4.78, 5) is 34.4. The summed E-state index contributed by atoms with van der Waals surface area (Å²) in [6, 6.07) is 11.0. The normalized spacial score (nSPS) is 10.5. The fraction of sp³-hybridized carbons (Fsp3) is 0.0556. The number of nitrogens with zero attached hydrogens (tertiary/aromatic N) is 3. The highest BCUT2D eigenvalue weighted by atomic mass is 19.2. The van der Waals surface area contributed by atoms with Crippen molar-refractivity contribution in [1.29, 1.82) is 0 Å². The number of nitro groups is 1. The summed E-state index contributed by atoms with van der Waals surface area (Å²) in [6.45, 7) is -0.486. The third kappa shape index (κ3) is 4.23. The van der Waals surface area contributed by atoms with E-state index < -0.39 is 34.6 Å². The molecule has 1 N–H and O–H groups in total. The molecule has 0 bridgehead atoms. The number of hydrogen-bond acceptors (Lipinski definition) is 5. The number of carbonyl (C=O) groups is 1. The Balaban J connectivity index is 1.82. The van der Waals surface area contributed by atoms with Crippen LogP contribution in [0, 0.1) is 21.7 Å². The Labute approximate surface area is 156 Å². The smallest absolute Gasteiger partial charge is 0.270 e. The maximum Gasteiger partial charge on any atom is 0.270 e. The molecule has 0 aliphatic heterocycles. The van der Waals surface area contributed by atoms with Crippen molar-refractivity contribution in [2.45, 2.75) is 6.54 Å². The van der Waals surface area contributed by atoms with E-state index in [0.29, 0.717) is 5.56 Å². The van der Waals surface area contributed by atoms with E-state index in [1.807, 2.05) is 0 Å². The molecule has 0 fully saturated rings. The van der Waals surface area contributed by atoms with Gasteiger partial charge in [-0.3, -0.25) is 19.7 Å². The lowest BCUT2D eigenvalue weighted by atomic mass is 10.1. The fourth-order valence-corrected chi connectivity index (χ4v) is 2.41. The zero-order valence-electron chi connectivity index (χ0n) is 14.1. The van der Waals surface area contributed by atoms with Gasteiger partial charge in [0.1, 0.15) is 6.54 Å². The van der Waals surface area contributed by atoms with Crippen LogP contribution < -0.4 is 10.9 Å². The van der Waals surface area contributed by atoms with Gasteiger partial charge in [-0.15, -0.1) is 0 Å². The van der Waals surface area contributed by atoms with Crippen molar-refractivity contribution in [2.75, 3.05) is 5.32 Å². The highest BCUT2D eigenvalue weighted by molar-refractivity contribution is 5.90. The van der Waals surface area contributed by atoms with Crippen molar-refractivity contribution in [3.63, 3.8) is 0 Å². The molecule has 8 nitrogen and oxygen atoms in total. The van der Waals surface area contributed by atoms with Crippen LogP contribution in [0.5, 0.6) is 0 Å². The third-order valence-electron chi connectivity index (χ3n) is 3.72. The summed E-state index contributed by atoms with van der Waals surface area (Å²) in [5.74, 6) is -2.86. The molecule has 0 radical (unpaired) electrons. The van der Waals surface area contributed by atoms with Crippen molar-refractivity contribution in [1.82, 2.24) is 9.78 Å². The van der Waals surface area contributed by atoms with E-state index in [4.69, 9.17) is 0 Å². The van der Waals surface area contributed by atoms with Gasteiger partial charge in [0, 0.05) is 35.5 Å². The van der Waals surface area contributed by atoms with Gasteiger partial charge in [-0.05, 0) is 18.2 Å². The Bertz CT molecular complexity index is 1130. The van der Waals surface area contributed by atoms with Crippen LogP contribution in [0.25, 0.3) is 11.3 Å². The van der Waals surface area contributed by atoms with Crippen LogP contribution in [-0.4, -0.2) is 20.6 Å². The van der Waals surface area contributed by atoms with Crippen LogP contribution in [-0.2, 0) is 11.3 Å². The molecule has 0 saturated carbocycles. The molecule has 3 aromatic rings. The number of amides is 1. The van der Waals surface area contributed by atoms with Crippen LogP contribution in [0.2, 0.25) is 0 Å². The largest absolute Gasteiger partial charge is 0.324 e. The van der Waals surface area contributed by atoms with Crippen molar-refractivity contribution in [2.24, 2.45) is 0 Å². The number of hydrogen-bond donors (Lipinski definition) is 1. The summed E-state index contributed by atoms with van der Waals surface area (Å²) in [5, 5.41) is 17.3. The van der Waals surface area contributed by atoms with E-state index in [1.54, 1.807) is 6.07 Å². The molecular weight excluding hydrogens is 374 g/mol. The second kappa shape index (κ2) is 7.74. The topological polar surface area (TPSA) is 107 Å². The highest BCUT2D eigenvalue weighted by Crippen LogP contribution is 2.21. The van der Waals surface area contributed by atoms with Gasteiger partial charge in [0.05, 0.1) is 10.6 Å². The molecule has 2 aromatic carbocycles. The predicted molar refractivity (Wildman–Crippen MR) is 95.6 cm³/mol. The second-order valence-corrected chi connectivity index (χ2v) is 5.70. The van der Waals surface area contributed by atoms with E-state index in [1.165, 1.54) is 36.4 Å². The third-order valence-corrected chi connectivity index (χ3v) is 3.72. The summed E-state index contributed by atoms with van der Waals surface area (Å²) in [6.07, 6.45) is 0. The summed E-state index contributed by atoms with van der Waals surface area (Å²) >= 11 is 0. The average molecular weight is 386 g/mol. The number of nitro benzene ring substituents is 1. The van der Waals surface area contributed by atoms with Gasteiger partial charge in [0.2, 0.25) is 5.91 Å². The molecule has 10 heteroatoms. The number of aromatic nitrogens is 2. The number of halogens is 2. The number of carbonyl (C=O) groups excluding carboxylic acids is 1. The first-order valence-electron chi connectivity index (χ1n) is 7.91. The molecule has 3 rings (SSSR count). The van der Waals surface area contributed by atoms with Gasteiger partial charge in [0.25, 0.3) is 11.2 Å². The molecular formula is C18H12F2N4O4. The lowest BCUT2D eigenvalue weighted by Crippen LogP contribution is -2.29. The molecule has 0 aliphatic carbocycles. The lowest BCUT2D eigenvalue weighted by molar-refractivity contribution is -0.384. The van der Waals surface area contributed by atoms with Crippen LogP contribution in [0.3, 0.4) is 0 Å². The molecule has 142 valence electrons. The minimum absolute atomic E-state index is 0.0202. The van der Waals surface area contributed by atoms with Crippen molar-refractivity contribution >= 4 is 17.3 Å². The van der Waals surface area contributed by atoms with Crippen molar-refractivity contribution in [3.8, 4) is 11.3 Å². The Kier molecular flexibility index (Phi) is 5.21. The molecule has 1 heterocycles. The van der Waals surface area contributed by atoms with Gasteiger partial charge in [-0.2, -0.15) is 5.10 Å². The van der Waals surface area contributed by atoms with E-state index >= 15 is 0 Å². The molecule has 0 spiro atoms. The first kappa shape index (κ1) is 18.8. The molecule has 28 heavy (non-hydrogen) atoms. The summed E-state index contributed by atoms with van der Waals surface area (Å²) in [5.41, 5.74) is -0.0533. The van der Waals surface area contributed by atoms with Gasteiger partial charge < -0.3 is 5.32 Å². The average Bonchev–Trinajstić information content (AvgIpc) is 2.66. The Morgan fingerprint density at radius 1 is 1.11 bits per heavy atom. The van der Waals surface area contributed by atoms with Gasteiger partial charge >= 0.3 is 0 Å². The lowest BCUT2D eigenvalue weighted by Gasteiger charge is -2.08. The van der Waals surface area contributed by atoms with Gasteiger partial charge in [-0.25, -0.2) is 13.5 Å². The monoisotopic (exact) mass is 386 g/mol.